The van der Waals surface area contributed by atoms with Crippen molar-refractivity contribution in [1.82, 2.24) is 20.2 Å². The summed E-state index contributed by atoms with van der Waals surface area (Å²) in [6.45, 7) is 0. The molecule has 0 aliphatic carbocycles. The van der Waals surface area contributed by atoms with E-state index in [-0.39, 0.29) is 5.95 Å². The minimum Gasteiger partial charge on any atom is -0.368 e. The molecule has 2 heterocycles. The van der Waals surface area contributed by atoms with Gasteiger partial charge in [-0.15, -0.1) is 0 Å². The van der Waals surface area contributed by atoms with Gasteiger partial charge in [0.2, 0.25) is 5.95 Å². The summed E-state index contributed by atoms with van der Waals surface area (Å²) >= 11 is 4.49. The first-order valence-electron chi connectivity index (χ1n) is 5.32. The lowest BCUT2D eigenvalue weighted by Crippen LogP contribution is -1.99. The molecule has 0 saturated carbocycles. The van der Waals surface area contributed by atoms with Crippen molar-refractivity contribution in [2.45, 2.75) is 0 Å². The molecule has 0 aliphatic heterocycles. The van der Waals surface area contributed by atoms with Gasteiger partial charge >= 0.3 is 0 Å². The molecule has 8 heteroatoms. The number of hydrogen-bond acceptors (Lipinski definition) is 5. The number of fused-ring (bicyclic) bond motifs is 1. The molecule has 6 nitrogen and oxygen atoms in total. The second kappa shape index (κ2) is 5.07. The third-order valence-corrected chi connectivity index (χ3v) is 4.16. The van der Waals surface area contributed by atoms with Gasteiger partial charge in [-0.1, -0.05) is 0 Å². The fraction of sp³-hybridized carbons (Fsp3) is 0. The smallest absolute Gasteiger partial charge is 0.221 e. The Hall–Kier alpha value is -1.17. The number of benzene rings is 1. The Bertz CT molecular complexity index is 754. The first-order chi connectivity index (χ1) is 9.13. The minimum atomic E-state index is 0.249. The van der Waals surface area contributed by atoms with Crippen LogP contribution in [0.3, 0.4) is 0 Å². The molecule has 0 aliphatic rings. The van der Waals surface area contributed by atoms with Crippen LogP contribution in [0.1, 0.15) is 0 Å². The molecular formula is C11H8I2N6. The molecule has 1 aromatic carbocycles. The van der Waals surface area contributed by atoms with Gasteiger partial charge in [-0.2, -0.15) is 10.1 Å². The molecule has 0 amide bonds. The summed E-state index contributed by atoms with van der Waals surface area (Å²) < 4.78 is 2.08. The number of rotatable bonds is 2. The largest absolute Gasteiger partial charge is 0.368 e. The van der Waals surface area contributed by atoms with E-state index in [1.165, 1.54) is 0 Å². The van der Waals surface area contributed by atoms with E-state index in [1.807, 2.05) is 12.1 Å². The van der Waals surface area contributed by atoms with Crippen molar-refractivity contribution < 1.29 is 0 Å². The van der Waals surface area contributed by atoms with E-state index in [0.29, 0.717) is 5.82 Å². The van der Waals surface area contributed by atoms with Crippen LogP contribution in [-0.4, -0.2) is 20.2 Å². The number of halogens is 2. The molecule has 0 saturated heterocycles. The van der Waals surface area contributed by atoms with Gasteiger partial charge in [-0.3, -0.25) is 5.10 Å². The van der Waals surface area contributed by atoms with Crippen LogP contribution < -0.4 is 11.1 Å². The molecule has 0 bridgehead atoms. The number of nitrogens with two attached hydrogens (primary N) is 1. The van der Waals surface area contributed by atoms with Crippen molar-refractivity contribution in [3.05, 3.63) is 31.7 Å². The Kier molecular flexibility index (Phi) is 3.43. The van der Waals surface area contributed by atoms with Gasteiger partial charge in [-0.25, -0.2) is 4.98 Å². The molecule has 0 fully saturated rings. The predicted octanol–water partition coefficient (Wildman–Crippen LogP) is 2.89. The average Bonchev–Trinajstić information content (AvgIpc) is 2.72. The van der Waals surface area contributed by atoms with Crippen LogP contribution in [0.4, 0.5) is 17.5 Å². The maximum atomic E-state index is 5.56. The maximum Gasteiger partial charge on any atom is 0.221 e. The Morgan fingerprint density at radius 3 is 2.89 bits per heavy atom. The van der Waals surface area contributed by atoms with E-state index in [9.17, 15) is 0 Å². The van der Waals surface area contributed by atoms with E-state index in [4.69, 9.17) is 5.73 Å². The quantitative estimate of drug-likeness (QED) is 0.493. The summed E-state index contributed by atoms with van der Waals surface area (Å²) in [4.78, 5) is 7.98. The van der Waals surface area contributed by atoms with Crippen molar-refractivity contribution in [3.63, 3.8) is 0 Å². The number of nitrogens with zero attached hydrogens (tertiary/aromatic N) is 3. The number of anilines is 3. The number of nitrogen functional groups attached to an aromatic ring is 1. The highest BCUT2D eigenvalue weighted by Gasteiger charge is 2.09. The topological polar surface area (TPSA) is 92.5 Å². The highest BCUT2D eigenvalue weighted by atomic mass is 127. The van der Waals surface area contributed by atoms with Gasteiger partial charge in [0.1, 0.15) is 15.0 Å². The number of nitrogens with one attached hydrogen (secondary N) is 2. The zero-order chi connectivity index (χ0) is 13.4. The standard InChI is InChI=1S/C11H8I2N6/c12-7-4-5(3-6-9(7)18-19-10(6)13)16-8-1-2-15-11(14)17-8/h1-4H,(H,18,19)(H3,14,15,16,17). The first kappa shape index (κ1) is 12.8. The summed E-state index contributed by atoms with van der Waals surface area (Å²) in [6, 6.07) is 5.81. The Labute approximate surface area is 135 Å². The molecule has 2 aromatic heterocycles. The summed E-state index contributed by atoms with van der Waals surface area (Å²) in [5.41, 5.74) is 7.47. The van der Waals surface area contributed by atoms with Crippen molar-refractivity contribution in [1.29, 1.82) is 0 Å². The lowest BCUT2D eigenvalue weighted by molar-refractivity contribution is 1.09. The minimum absolute atomic E-state index is 0.249. The van der Waals surface area contributed by atoms with Crippen molar-refractivity contribution >= 4 is 73.5 Å². The number of aromatic nitrogens is 4. The highest BCUT2D eigenvalue weighted by Crippen LogP contribution is 2.28. The zero-order valence-corrected chi connectivity index (χ0v) is 13.8. The zero-order valence-electron chi connectivity index (χ0n) is 9.48. The normalized spacial score (nSPS) is 10.8. The predicted molar refractivity (Wildman–Crippen MR) is 91.3 cm³/mol. The third-order valence-electron chi connectivity index (χ3n) is 2.51. The van der Waals surface area contributed by atoms with Crippen LogP contribution in [0.25, 0.3) is 10.9 Å². The SMILES string of the molecule is Nc1nccc(Nc2cc(I)c3n[nH]c(I)c3c2)n1. The number of aromatic amines is 1. The van der Waals surface area contributed by atoms with Crippen molar-refractivity contribution in [2.24, 2.45) is 0 Å². The second-order valence-electron chi connectivity index (χ2n) is 3.82. The van der Waals surface area contributed by atoms with Crippen LogP contribution in [-0.2, 0) is 0 Å². The van der Waals surface area contributed by atoms with Crippen molar-refractivity contribution in [2.75, 3.05) is 11.1 Å². The van der Waals surface area contributed by atoms with E-state index in [1.54, 1.807) is 12.3 Å². The van der Waals surface area contributed by atoms with Gasteiger partial charge in [0.15, 0.2) is 0 Å². The van der Waals surface area contributed by atoms with Crippen molar-refractivity contribution in [3.8, 4) is 0 Å². The van der Waals surface area contributed by atoms with Crippen LogP contribution in [0.15, 0.2) is 24.4 Å². The summed E-state index contributed by atoms with van der Waals surface area (Å²) in [6.07, 6.45) is 1.62. The average molecular weight is 478 g/mol. The number of hydrogen-bond donors (Lipinski definition) is 3. The lowest BCUT2D eigenvalue weighted by atomic mass is 10.2. The Balaban J connectivity index is 2.03. The monoisotopic (exact) mass is 478 g/mol. The first-order valence-corrected chi connectivity index (χ1v) is 7.48. The molecule has 0 spiro atoms. The van der Waals surface area contributed by atoms with E-state index < -0.39 is 0 Å². The van der Waals surface area contributed by atoms with Gasteiger partial charge in [0.25, 0.3) is 0 Å². The van der Waals surface area contributed by atoms with Crippen LogP contribution >= 0.6 is 45.2 Å². The molecule has 0 unspecified atom stereocenters. The molecule has 19 heavy (non-hydrogen) atoms. The van der Waals surface area contributed by atoms with Gasteiger partial charge in [-0.05, 0) is 63.4 Å². The fourth-order valence-electron chi connectivity index (χ4n) is 1.71. The van der Waals surface area contributed by atoms with Gasteiger partial charge in [0.05, 0.1) is 0 Å². The molecule has 0 atom stereocenters. The molecule has 4 N–H and O–H groups in total. The van der Waals surface area contributed by atoms with E-state index in [0.717, 1.165) is 23.9 Å². The maximum absolute atomic E-state index is 5.56. The molecule has 3 rings (SSSR count). The van der Waals surface area contributed by atoms with Crippen LogP contribution in [0.2, 0.25) is 0 Å². The van der Waals surface area contributed by atoms with Gasteiger partial charge < -0.3 is 11.1 Å². The second-order valence-corrected chi connectivity index (χ2v) is 6.06. The summed E-state index contributed by atoms with van der Waals surface area (Å²) in [5.74, 6) is 0.916. The van der Waals surface area contributed by atoms with Crippen LogP contribution in [0.5, 0.6) is 0 Å². The number of H-pyrrole nitrogens is 1. The Morgan fingerprint density at radius 1 is 1.26 bits per heavy atom. The van der Waals surface area contributed by atoms with Gasteiger partial charge in [0, 0.05) is 20.8 Å². The summed E-state index contributed by atoms with van der Waals surface area (Å²) in [5, 5.41) is 11.5. The van der Waals surface area contributed by atoms with Crippen LogP contribution in [0, 0.1) is 7.27 Å². The lowest BCUT2D eigenvalue weighted by Gasteiger charge is -2.06. The fourth-order valence-corrected chi connectivity index (χ4v) is 2.99. The Morgan fingerprint density at radius 2 is 2.11 bits per heavy atom. The molecule has 3 aromatic rings. The molecule has 0 radical (unpaired) electrons. The molecular weight excluding hydrogens is 470 g/mol. The van der Waals surface area contributed by atoms with E-state index in [2.05, 4.69) is 70.7 Å². The third kappa shape index (κ3) is 2.59. The highest BCUT2D eigenvalue weighted by molar-refractivity contribution is 14.1. The van der Waals surface area contributed by atoms with E-state index >= 15 is 0 Å². The summed E-state index contributed by atoms with van der Waals surface area (Å²) in [7, 11) is 0. The molecule has 96 valence electrons.